The maximum absolute atomic E-state index is 13.2. The number of aliphatic hydroxyl groups excluding tert-OH is 1. The summed E-state index contributed by atoms with van der Waals surface area (Å²) in [6.07, 6.45) is 0.720. The summed E-state index contributed by atoms with van der Waals surface area (Å²) in [4.78, 5) is 42.7. The number of aromatic nitrogens is 1. The van der Waals surface area contributed by atoms with E-state index < -0.39 is 24.2 Å². The first-order valence-corrected chi connectivity index (χ1v) is 20.9. The third-order valence-corrected chi connectivity index (χ3v) is 11.5. The predicted molar refractivity (Wildman–Crippen MR) is 233 cm³/mol. The van der Waals surface area contributed by atoms with Crippen LogP contribution in [-0.2, 0) is 22.6 Å². The van der Waals surface area contributed by atoms with E-state index in [4.69, 9.17) is 18.9 Å². The molecule has 5 N–H and O–H groups in total. The van der Waals surface area contributed by atoms with Crippen LogP contribution in [-0.4, -0.2) is 77.7 Å². The highest BCUT2D eigenvalue weighted by atomic mass is 16.6. The summed E-state index contributed by atoms with van der Waals surface area (Å²) in [5.41, 5.74) is 4.51. The zero-order valence-electron chi connectivity index (χ0n) is 34.2. The minimum absolute atomic E-state index is 0.0524. The van der Waals surface area contributed by atoms with Crippen LogP contribution < -0.4 is 25.7 Å². The van der Waals surface area contributed by atoms with Gasteiger partial charge in [-0.1, -0.05) is 72.8 Å². The van der Waals surface area contributed by atoms with Gasteiger partial charge in [0, 0.05) is 31.1 Å². The maximum Gasteiger partial charge on any atom is 0.408 e. The first-order chi connectivity index (χ1) is 30.3. The van der Waals surface area contributed by atoms with Crippen molar-refractivity contribution in [2.75, 3.05) is 39.4 Å². The molecular formula is C49H50N4O9. The maximum atomic E-state index is 13.2. The number of phenolic OH excluding ortho intramolecular Hbond substituents is 1. The van der Waals surface area contributed by atoms with E-state index in [2.05, 4.69) is 20.5 Å². The third kappa shape index (κ3) is 10.6. The summed E-state index contributed by atoms with van der Waals surface area (Å²) in [6.45, 7) is 4.10. The minimum atomic E-state index is -0.882. The number of benzene rings is 5. The number of ether oxygens (including phenoxy) is 4. The first kappa shape index (κ1) is 42.0. The number of hydrogen-bond acceptors (Lipinski definition) is 11. The standard InChI is InChI=1S/C49H50N4O9/c54-42-18-16-40(41-17-19-45(56)51-47(41)42)43(55)29-50-28-33-6-4-10-38(26-33)59-24-25-60-48(57)36-14-12-32(13-15-36)31-61-39-11-5-9-37(27-39)46(35-7-2-1-3-8-35)52-49(58)62-44-30-53-22-20-34(44)21-23-53/h1-19,26-27,34,43-44,46,50,54-55H,20-25,28-31H2,(H,51,56)(H,52,58)/t43?,44-,46?/m0/s1. The summed E-state index contributed by atoms with van der Waals surface area (Å²) < 4.78 is 23.5. The van der Waals surface area contributed by atoms with Crippen molar-refractivity contribution in [3.05, 3.63) is 171 Å². The number of phenols is 1. The number of alkyl carbamates (subject to hydrolysis) is 1. The molecule has 0 saturated carbocycles. The molecule has 3 saturated heterocycles. The van der Waals surface area contributed by atoms with Gasteiger partial charge in [0.05, 0.1) is 23.2 Å². The molecule has 3 aliphatic heterocycles. The number of fused-ring (bicyclic) bond motifs is 4. The van der Waals surface area contributed by atoms with Crippen LogP contribution in [0.25, 0.3) is 10.9 Å². The lowest BCUT2D eigenvalue weighted by atomic mass is 9.86. The number of pyridine rings is 1. The van der Waals surface area contributed by atoms with Gasteiger partial charge in [-0.15, -0.1) is 0 Å². The molecule has 13 nitrogen and oxygen atoms in total. The highest BCUT2D eigenvalue weighted by Gasteiger charge is 2.37. The van der Waals surface area contributed by atoms with Crippen molar-refractivity contribution in [2.24, 2.45) is 5.92 Å². The molecule has 2 unspecified atom stereocenters. The number of carbonyl (C=O) groups is 2. The molecule has 0 radical (unpaired) electrons. The Balaban J connectivity index is 0.777. The molecule has 1 aromatic heterocycles. The summed E-state index contributed by atoms with van der Waals surface area (Å²) in [5, 5.41) is 27.9. The summed E-state index contributed by atoms with van der Waals surface area (Å²) in [6, 6.07) is 37.6. The second kappa shape index (κ2) is 19.8. The predicted octanol–water partition coefficient (Wildman–Crippen LogP) is 6.78. The van der Waals surface area contributed by atoms with Gasteiger partial charge in [-0.3, -0.25) is 9.69 Å². The molecule has 3 fully saturated rings. The van der Waals surface area contributed by atoms with E-state index in [9.17, 15) is 24.6 Å². The van der Waals surface area contributed by atoms with Crippen molar-refractivity contribution in [3.63, 3.8) is 0 Å². The fraction of sp³-hybridized carbons (Fsp3) is 0.286. The Kier molecular flexibility index (Phi) is 13.4. The largest absolute Gasteiger partial charge is 0.506 e. The van der Waals surface area contributed by atoms with E-state index in [1.54, 1.807) is 24.3 Å². The Morgan fingerprint density at radius 3 is 2.32 bits per heavy atom. The average Bonchev–Trinajstić information content (AvgIpc) is 3.30. The van der Waals surface area contributed by atoms with E-state index >= 15 is 0 Å². The van der Waals surface area contributed by atoms with Gasteiger partial charge in [0.15, 0.2) is 0 Å². The zero-order valence-corrected chi connectivity index (χ0v) is 34.2. The number of rotatable bonds is 17. The zero-order chi connectivity index (χ0) is 42.8. The van der Waals surface area contributed by atoms with Crippen molar-refractivity contribution in [1.82, 2.24) is 20.5 Å². The molecular weight excluding hydrogens is 789 g/mol. The van der Waals surface area contributed by atoms with E-state index in [1.807, 2.05) is 91.0 Å². The van der Waals surface area contributed by atoms with Crippen LogP contribution in [0.3, 0.4) is 0 Å². The molecule has 0 spiro atoms. The Bertz CT molecular complexity index is 2520. The van der Waals surface area contributed by atoms with Crippen LogP contribution in [0.4, 0.5) is 4.79 Å². The minimum Gasteiger partial charge on any atom is -0.506 e. The quantitative estimate of drug-likeness (QED) is 0.0485. The smallest absolute Gasteiger partial charge is 0.408 e. The van der Waals surface area contributed by atoms with Gasteiger partial charge in [-0.2, -0.15) is 0 Å². The second-order valence-electron chi connectivity index (χ2n) is 15.7. The van der Waals surface area contributed by atoms with E-state index in [0.717, 1.165) is 54.7 Å². The van der Waals surface area contributed by atoms with Crippen molar-refractivity contribution >= 4 is 23.0 Å². The van der Waals surface area contributed by atoms with Crippen LogP contribution in [0.1, 0.15) is 63.2 Å². The fourth-order valence-electron chi connectivity index (χ4n) is 8.16. The summed E-state index contributed by atoms with van der Waals surface area (Å²) in [5.74, 6) is 1.13. The number of nitrogens with one attached hydrogen (secondary N) is 3. The highest BCUT2D eigenvalue weighted by Crippen LogP contribution is 2.32. The molecule has 3 aliphatic rings. The monoisotopic (exact) mass is 838 g/mol. The van der Waals surface area contributed by atoms with Crippen LogP contribution in [0, 0.1) is 5.92 Å². The Morgan fingerprint density at radius 1 is 0.790 bits per heavy atom. The number of H-pyrrole nitrogens is 1. The molecule has 3 atom stereocenters. The van der Waals surface area contributed by atoms with Crippen molar-refractivity contribution in [1.29, 1.82) is 0 Å². The third-order valence-electron chi connectivity index (χ3n) is 11.5. The Labute approximate surface area is 359 Å². The topological polar surface area (TPSA) is 172 Å². The number of aromatic amines is 1. The van der Waals surface area contributed by atoms with E-state index in [0.29, 0.717) is 40.5 Å². The summed E-state index contributed by atoms with van der Waals surface area (Å²) in [7, 11) is 0. The number of aliphatic hydroxyl groups is 1. The molecule has 9 rings (SSSR count). The lowest BCUT2D eigenvalue weighted by Gasteiger charge is -2.43. The number of nitrogens with zero attached hydrogens (tertiary/aromatic N) is 1. The molecule has 1 amide bonds. The first-order valence-electron chi connectivity index (χ1n) is 20.9. The lowest BCUT2D eigenvalue weighted by molar-refractivity contribution is -0.0336. The number of aromatic hydroxyl groups is 1. The number of amides is 1. The molecule has 13 heteroatoms. The van der Waals surface area contributed by atoms with E-state index in [-0.39, 0.29) is 49.3 Å². The molecule has 62 heavy (non-hydrogen) atoms. The van der Waals surface area contributed by atoms with E-state index in [1.165, 1.54) is 12.1 Å². The molecule has 4 heterocycles. The number of esters is 1. The average molecular weight is 839 g/mol. The Morgan fingerprint density at radius 2 is 1.55 bits per heavy atom. The van der Waals surface area contributed by atoms with Gasteiger partial charge in [0.25, 0.3) is 0 Å². The van der Waals surface area contributed by atoms with Gasteiger partial charge in [0.2, 0.25) is 5.56 Å². The number of piperidine rings is 3. The van der Waals surface area contributed by atoms with Crippen LogP contribution in [0.2, 0.25) is 0 Å². The van der Waals surface area contributed by atoms with Crippen LogP contribution in [0.15, 0.2) is 132 Å². The summed E-state index contributed by atoms with van der Waals surface area (Å²) >= 11 is 0. The molecule has 320 valence electrons. The van der Waals surface area contributed by atoms with Crippen LogP contribution in [0.5, 0.6) is 17.2 Å². The molecule has 5 aromatic carbocycles. The van der Waals surface area contributed by atoms with Crippen molar-refractivity contribution in [3.8, 4) is 17.2 Å². The van der Waals surface area contributed by atoms with Gasteiger partial charge in [0.1, 0.15) is 43.2 Å². The number of hydrogen-bond donors (Lipinski definition) is 5. The number of carbonyl (C=O) groups excluding carboxylic acids is 2. The normalized spacial score (nSPS) is 17.8. The van der Waals surface area contributed by atoms with Gasteiger partial charge < -0.3 is 44.8 Å². The lowest BCUT2D eigenvalue weighted by Crippen LogP contribution is -2.52. The second-order valence-corrected chi connectivity index (χ2v) is 15.7. The van der Waals surface area contributed by atoms with Crippen molar-refractivity contribution in [2.45, 2.75) is 44.2 Å². The Hall–Kier alpha value is -6.67. The fourth-order valence-corrected chi connectivity index (χ4v) is 8.16. The van der Waals surface area contributed by atoms with Gasteiger partial charge >= 0.3 is 12.1 Å². The van der Waals surface area contributed by atoms with Crippen molar-refractivity contribution < 1.29 is 38.7 Å². The molecule has 0 aliphatic carbocycles. The SMILES string of the molecule is O=C(NC(c1ccccc1)c1cccc(OCc2ccc(C(=O)OCCOc3cccc(CNCC(O)c4ccc(O)c5[nH]c(=O)ccc45)c3)cc2)c1)O[C@H]1CN2CCC1CC2. The van der Waals surface area contributed by atoms with Gasteiger partial charge in [-0.05, 0) is 108 Å². The highest BCUT2D eigenvalue weighted by molar-refractivity contribution is 5.89. The molecule has 6 aromatic rings. The van der Waals surface area contributed by atoms with Gasteiger partial charge in [-0.25, -0.2) is 9.59 Å². The van der Waals surface area contributed by atoms with Crippen LogP contribution >= 0.6 is 0 Å². The molecule has 2 bridgehead atoms.